The lowest BCUT2D eigenvalue weighted by Crippen LogP contribution is -2.16. The average Bonchev–Trinajstić information content (AvgIpc) is 2.97. The lowest BCUT2D eigenvalue weighted by atomic mass is 10.1. The number of carbonyl (C=O) groups excluding carboxylic acids is 2. The van der Waals surface area contributed by atoms with Crippen molar-refractivity contribution in [2.24, 2.45) is 0 Å². The second kappa shape index (κ2) is 8.79. The molecule has 2 heterocycles. The van der Waals surface area contributed by atoms with Gasteiger partial charge in [-0.3, -0.25) is 14.4 Å². The van der Waals surface area contributed by atoms with Crippen molar-refractivity contribution in [3.05, 3.63) is 44.6 Å². The lowest BCUT2D eigenvalue weighted by molar-refractivity contribution is -0.116. The number of aromatic amines is 1. The van der Waals surface area contributed by atoms with Crippen LogP contribution < -0.4 is 16.2 Å². The molecule has 0 aliphatic rings. The predicted molar refractivity (Wildman–Crippen MR) is 119 cm³/mol. The van der Waals surface area contributed by atoms with Crippen molar-refractivity contribution in [1.82, 2.24) is 9.97 Å². The van der Waals surface area contributed by atoms with Crippen molar-refractivity contribution in [1.29, 1.82) is 0 Å². The van der Waals surface area contributed by atoms with Gasteiger partial charge in [-0.1, -0.05) is 24.8 Å². The number of benzene rings is 1. The van der Waals surface area contributed by atoms with Crippen LogP contribution in [0.25, 0.3) is 10.2 Å². The molecule has 0 saturated carbocycles. The summed E-state index contributed by atoms with van der Waals surface area (Å²) in [4.78, 5) is 45.2. The van der Waals surface area contributed by atoms with E-state index in [1.54, 1.807) is 19.1 Å². The van der Waals surface area contributed by atoms with Crippen molar-refractivity contribution < 1.29 is 9.59 Å². The number of H-pyrrole nitrogens is 1. The maximum absolute atomic E-state index is 12.3. The molecule has 0 saturated heterocycles. The Morgan fingerprint density at radius 3 is 2.66 bits per heavy atom. The molecule has 152 valence electrons. The largest absolute Gasteiger partial charge is 0.326 e. The molecule has 3 rings (SSSR count). The van der Waals surface area contributed by atoms with E-state index in [-0.39, 0.29) is 23.1 Å². The van der Waals surface area contributed by atoms with Crippen LogP contribution in [0.1, 0.15) is 29.3 Å². The number of fused-ring (bicyclic) bond motifs is 1. The first-order valence-electron chi connectivity index (χ1n) is 9.11. The van der Waals surface area contributed by atoms with Gasteiger partial charge < -0.3 is 15.6 Å². The minimum absolute atomic E-state index is 0.0865. The molecule has 9 heteroatoms. The molecule has 0 aliphatic carbocycles. The van der Waals surface area contributed by atoms with Crippen LogP contribution in [0, 0.1) is 20.8 Å². The number of carbonyl (C=O) groups is 2. The summed E-state index contributed by atoms with van der Waals surface area (Å²) >= 11 is 2.65. The Morgan fingerprint density at radius 2 is 1.93 bits per heavy atom. The van der Waals surface area contributed by atoms with E-state index in [1.807, 2.05) is 26.8 Å². The molecule has 2 amide bonds. The fourth-order valence-electron chi connectivity index (χ4n) is 2.71. The fourth-order valence-corrected chi connectivity index (χ4v) is 4.46. The second-order valence-corrected chi connectivity index (χ2v) is 8.77. The topological polar surface area (TPSA) is 104 Å². The third kappa shape index (κ3) is 4.86. The number of thioether (sulfide) groups is 1. The average molecular weight is 431 g/mol. The van der Waals surface area contributed by atoms with Gasteiger partial charge >= 0.3 is 0 Å². The number of rotatable bonds is 6. The molecule has 3 N–H and O–H groups in total. The molecule has 0 unspecified atom stereocenters. The summed E-state index contributed by atoms with van der Waals surface area (Å²) < 4.78 is 0. The number of thiophene rings is 1. The minimum atomic E-state index is -0.229. The molecule has 2 aromatic heterocycles. The van der Waals surface area contributed by atoms with Gasteiger partial charge in [-0.15, -0.1) is 11.3 Å². The molecule has 3 aromatic rings. The Bertz CT molecular complexity index is 1150. The Labute approximate surface area is 176 Å². The highest BCUT2D eigenvalue weighted by atomic mass is 32.2. The molecule has 0 aliphatic heterocycles. The zero-order chi connectivity index (χ0) is 21.1. The number of hydrogen-bond acceptors (Lipinski definition) is 6. The van der Waals surface area contributed by atoms with E-state index >= 15 is 0 Å². The van der Waals surface area contributed by atoms with E-state index < -0.39 is 0 Å². The summed E-state index contributed by atoms with van der Waals surface area (Å²) in [6, 6.07) is 5.35. The van der Waals surface area contributed by atoms with Crippen LogP contribution in [0.2, 0.25) is 0 Å². The van der Waals surface area contributed by atoms with Gasteiger partial charge in [0.15, 0.2) is 5.16 Å². The number of amides is 2. The number of aromatic nitrogens is 2. The van der Waals surface area contributed by atoms with E-state index in [4.69, 9.17) is 0 Å². The van der Waals surface area contributed by atoms with Crippen LogP contribution in [0.15, 0.2) is 28.2 Å². The molecule has 0 fully saturated rings. The third-order valence-corrected chi connectivity index (χ3v) is 6.45. The van der Waals surface area contributed by atoms with Crippen molar-refractivity contribution in [2.45, 2.75) is 39.3 Å². The van der Waals surface area contributed by atoms with Crippen LogP contribution in [0.3, 0.4) is 0 Å². The summed E-state index contributed by atoms with van der Waals surface area (Å²) in [5.41, 5.74) is 2.93. The van der Waals surface area contributed by atoms with Gasteiger partial charge in [-0.05, 0) is 44.0 Å². The summed E-state index contributed by atoms with van der Waals surface area (Å²) in [6.45, 7) is 7.53. The zero-order valence-electron chi connectivity index (χ0n) is 16.6. The molecular formula is C20H22N4O3S2. The van der Waals surface area contributed by atoms with Gasteiger partial charge in [-0.25, -0.2) is 4.98 Å². The zero-order valence-corrected chi connectivity index (χ0v) is 18.3. The van der Waals surface area contributed by atoms with E-state index in [9.17, 15) is 14.4 Å². The van der Waals surface area contributed by atoms with E-state index in [2.05, 4.69) is 20.6 Å². The van der Waals surface area contributed by atoms with E-state index in [0.29, 0.717) is 33.2 Å². The SMILES string of the molecule is CCC(=O)Nc1cc(NC(=O)CSc2nc3sc(C)c(C)c3c(=O)[nH]2)ccc1C. The van der Waals surface area contributed by atoms with E-state index in [1.165, 1.54) is 23.1 Å². The van der Waals surface area contributed by atoms with Crippen molar-refractivity contribution >= 4 is 56.5 Å². The monoisotopic (exact) mass is 430 g/mol. The van der Waals surface area contributed by atoms with Gasteiger partial charge in [0.25, 0.3) is 5.56 Å². The number of aryl methyl sites for hydroxylation is 3. The maximum atomic E-state index is 12.3. The lowest BCUT2D eigenvalue weighted by Gasteiger charge is -2.11. The number of nitrogens with zero attached hydrogens (tertiary/aromatic N) is 1. The summed E-state index contributed by atoms with van der Waals surface area (Å²) in [7, 11) is 0. The highest BCUT2D eigenvalue weighted by Gasteiger charge is 2.13. The highest BCUT2D eigenvalue weighted by Crippen LogP contribution is 2.27. The first-order valence-corrected chi connectivity index (χ1v) is 10.9. The van der Waals surface area contributed by atoms with Crippen molar-refractivity contribution in [2.75, 3.05) is 16.4 Å². The van der Waals surface area contributed by atoms with E-state index in [0.717, 1.165) is 16.0 Å². The standard InChI is InChI=1S/C20H22N4O3S2/c1-5-15(25)22-14-8-13(7-6-10(14)2)21-16(26)9-28-20-23-18(27)17-11(3)12(4)29-19(17)24-20/h6-8H,5,9H2,1-4H3,(H,21,26)(H,22,25)(H,23,24,27). The molecule has 1 aromatic carbocycles. The van der Waals surface area contributed by atoms with Crippen LogP contribution in [-0.4, -0.2) is 27.5 Å². The predicted octanol–water partition coefficient (Wildman–Crippen LogP) is 3.99. The van der Waals surface area contributed by atoms with Gasteiger partial charge in [0, 0.05) is 22.7 Å². The molecule has 0 radical (unpaired) electrons. The molecule has 0 atom stereocenters. The van der Waals surface area contributed by atoms with Gasteiger partial charge in [0.05, 0.1) is 11.1 Å². The minimum Gasteiger partial charge on any atom is -0.326 e. The quantitative estimate of drug-likeness (QED) is 0.405. The first-order chi connectivity index (χ1) is 13.8. The first kappa shape index (κ1) is 21.1. The molecule has 29 heavy (non-hydrogen) atoms. The Morgan fingerprint density at radius 1 is 1.17 bits per heavy atom. The van der Waals surface area contributed by atoms with Crippen LogP contribution in [-0.2, 0) is 9.59 Å². The second-order valence-electron chi connectivity index (χ2n) is 6.60. The number of hydrogen-bond donors (Lipinski definition) is 3. The highest BCUT2D eigenvalue weighted by molar-refractivity contribution is 7.99. The Kier molecular flexibility index (Phi) is 6.39. The summed E-state index contributed by atoms with van der Waals surface area (Å²) in [5, 5.41) is 6.65. The number of anilines is 2. The molecule has 0 spiro atoms. The summed E-state index contributed by atoms with van der Waals surface area (Å²) in [6.07, 6.45) is 0.380. The van der Waals surface area contributed by atoms with Crippen LogP contribution in [0.5, 0.6) is 0 Å². The fraction of sp³-hybridized carbons (Fsp3) is 0.300. The molecular weight excluding hydrogens is 408 g/mol. The smallest absolute Gasteiger partial charge is 0.260 e. The summed E-state index contributed by atoms with van der Waals surface area (Å²) in [5.74, 6) is -0.216. The normalized spacial score (nSPS) is 10.9. The van der Waals surface area contributed by atoms with Crippen molar-refractivity contribution in [3.8, 4) is 0 Å². The molecule has 0 bridgehead atoms. The van der Waals surface area contributed by atoms with Gasteiger partial charge in [-0.2, -0.15) is 0 Å². The van der Waals surface area contributed by atoms with Crippen LogP contribution >= 0.6 is 23.1 Å². The number of nitrogens with one attached hydrogen (secondary N) is 3. The van der Waals surface area contributed by atoms with Crippen LogP contribution in [0.4, 0.5) is 11.4 Å². The maximum Gasteiger partial charge on any atom is 0.260 e. The molecule has 7 nitrogen and oxygen atoms in total. The third-order valence-electron chi connectivity index (χ3n) is 4.47. The van der Waals surface area contributed by atoms with Gasteiger partial charge in [0.1, 0.15) is 4.83 Å². The Hall–Kier alpha value is -2.65. The Balaban J connectivity index is 1.67. The van der Waals surface area contributed by atoms with Gasteiger partial charge in [0.2, 0.25) is 11.8 Å². The van der Waals surface area contributed by atoms with Crippen molar-refractivity contribution in [3.63, 3.8) is 0 Å².